The first-order chi connectivity index (χ1) is 16.5. The number of H-pyrrole nitrogens is 1. The first-order valence-electron chi connectivity index (χ1n) is 12.6. The maximum absolute atomic E-state index is 13.3. The lowest BCUT2D eigenvalue weighted by Gasteiger charge is -2.38. The van der Waals surface area contributed by atoms with Gasteiger partial charge in [0.25, 0.3) is 0 Å². The summed E-state index contributed by atoms with van der Waals surface area (Å²) in [4.78, 5) is 44.3. The molecule has 2 saturated heterocycles. The van der Waals surface area contributed by atoms with Gasteiger partial charge in [-0.15, -0.1) is 0 Å². The summed E-state index contributed by atoms with van der Waals surface area (Å²) >= 11 is 0. The fourth-order valence-electron chi connectivity index (χ4n) is 5.47. The maximum atomic E-state index is 13.3. The number of hydrogen-bond donors (Lipinski definition) is 2. The van der Waals surface area contributed by atoms with Crippen molar-refractivity contribution in [1.29, 1.82) is 0 Å². The van der Waals surface area contributed by atoms with Gasteiger partial charge < -0.3 is 20.1 Å². The molecular formula is C27H34N4O3. The average Bonchev–Trinajstić information content (AvgIpc) is 3.67. The van der Waals surface area contributed by atoms with Crippen molar-refractivity contribution in [3.05, 3.63) is 70.1 Å². The summed E-state index contributed by atoms with van der Waals surface area (Å²) in [6, 6.07) is 13.7. The van der Waals surface area contributed by atoms with Gasteiger partial charge in [0.2, 0.25) is 17.4 Å². The predicted octanol–water partition coefficient (Wildman–Crippen LogP) is 2.85. The van der Waals surface area contributed by atoms with Gasteiger partial charge >= 0.3 is 0 Å². The van der Waals surface area contributed by atoms with E-state index in [1.807, 2.05) is 29.2 Å². The van der Waals surface area contributed by atoms with Crippen LogP contribution >= 0.6 is 0 Å². The first-order valence-corrected chi connectivity index (χ1v) is 12.6. The molecule has 180 valence electrons. The molecule has 1 aromatic heterocycles. The number of carbonyl (C=O) groups excluding carboxylic acids is 2. The molecule has 1 aliphatic carbocycles. The third-order valence-corrected chi connectivity index (χ3v) is 7.83. The molecule has 2 aromatic rings. The third-order valence-electron chi connectivity index (χ3n) is 7.83. The lowest BCUT2D eigenvalue weighted by atomic mass is 9.77. The highest BCUT2D eigenvalue weighted by atomic mass is 16.2. The van der Waals surface area contributed by atoms with Crippen molar-refractivity contribution in [2.45, 2.75) is 51.1 Å². The van der Waals surface area contributed by atoms with Crippen LogP contribution in [-0.4, -0.2) is 52.8 Å². The van der Waals surface area contributed by atoms with Crippen LogP contribution in [-0.2, 0) is 16.1 Å². The van der Waals surface area contributed by atoms with Gasteiger partial charge in [-0.05, 0) is 68.8 Å². The van der Waals surface area contributed by atoms with E-state index in [-0.39, 0.29) is 34.7 Å². The molecule has 3 fully saturated rings. The Balaban J connectivity index is 1.15. The van der Waals surface area contributed by atoms with Crippen LogP contribution in [0.2, 0.25) is 0 Å². The fourth-order valence-corrected chi connectivity index (χ4v) is 5.47. The van der Waals surface area contributed by atoms with E-state index in [4.69, 9.17) is 0 Å². The molecule has 5 rings (SSSR count). The number of nitrogens with zero attached hydrogens (tertiary/aromatic N) is 2. The molecule has 0 radical (unpaired) electrons. The van der Waals surface area contributed by atoms with E-state index in [9.17, 15) is 14.4 Å². The van der Waals surface area contributed by atoms with Gasteiger partial charge in [0.15, 0.2) is 0 Å². The minimum absolute atomic E-state index is 0.0304. The minimum atomic E-state index is -0.253. The van der Waals surface area contributed by atoms with Gasteiger partial charge in [-0.25, -0.2) is 0 Å². The molecule has 1 spiro atoms. The number of aromatic amines is 1. The SMILES string of the molecule is O=C(N[C@@H](CCN1CCC2(CC1)CCN(Cc1cc[nH]c(=O)c1)C2=O)c1ccccc1)C1CC1. The number of amides is 2. The zero-order valence-electron chi connectivity index (χ0n) is 19.7. The molecule has 3 aliphatic rings. The molecule has 34 heavy (non-hydrogen) atoms. The maximum Gasteiger partial charge on any atom is 0.248 e. The normalized spacial score (nSPS) is 21.1. The van der Waals surface area contributed by atoms with Gasteiger partial charge in [-0.1, -0.05) is 30.3 Å². The minimum Gasteiger partial charge on any atom is -0.349 e. The Hall–Kier alpha value is -2.93. The number of likely N-dealkylation sites (tertiary alicyclic amines) is 2. The van der Waals surface area contributed by atoms with Crippen LogP contribution in [0, 0.1) is 11.3 Å². The van der Waals surface area contributed by atoms with Crippen molar-refractivity contribution in [3.63, 3.8) is 0 Å². The van der Waals surface area contributed by atoms with Crippen LogP contribution in [0.5, 0.6) is 0 Å². The number of hydrogen-bond acceptors (Lipinski definition) is 4. The summed E-state index contributed by atoms with van der Waals surface area (Å²) in [7, 11) is 0. The lowest BCUT2D eigenvalue weighted by Crippen LogP contribution is -2.45. The van der Waals surface area contributed by atoms with Crippen LogP contribution < -0.4 is 10.9 Å². The molecule has 3 heterocycles. The van der Waals surface area contributed by atoms with Crippen molar-refractivity contribution in [3.8, 4) is 0 Å². The summed E-state index contributed by atoms with van der Waals surface area (Å²) in [5.41, 5.74) is 1.66. The number of pyridine rings is 1. The van der Waals surface area contributed by atoms with Gasteiger partial charge in [-0.3, -0.25) is 14.4 Å². The second-order valence-corrected chi connectivity index (χ2v) is 10.2. The molecule has 7 heteroatoms. The summed E-state index contributed by atoms with van der Waals surface area (Å²) in [6.07, 6.45) is 7.18. The average molecular weight is 463 g/mol. The van der Waals surface area contributed by atoms with E-state index in [1.54, 1.807) is 12.3 Å². The number of carbonyl (C=O) groups is 2. The molecule has 2 aliphatic heterocycles. The van der Waals surface area contributed by atoms with Crippen molar-refractivity contribution in [1.82, 2.24) is 20.1 Å². The second kappa shape index (κ2) is 9.74. The summed E-state index contributed by atoms with van der Waals surface area (Å²) in [5.74, 6) is 0.626. The molecule has 0 bridgehead atoms. The van der Waals surface area contributed by atoms with E-state index in [2.05, 4.69) is 27.3 Å². The number of aromatic nitrogens is 1. The zero-order chi connectivity index (χ0) is 23.5. The Morgan fingerprint density at radius 3 is 2.50 bits per heavy atom. The predicted molar refractivity (Wildman–Crippen MR) is 130 cm³/mol. The Bertz CT molecular complexity index is 1070. The van der Waals surface area contributed by atoms with Crippen LogP contribution in [0.3, 0.4) is 0 Å². The zero-order valence-corrected chi connectivity index (χ0v) is 19.7. The molecule has 7 nitrogen and oxygen atoms in total. The van der Waals surface area contributed by atoms with E-state index < -0.39 is 0 Å². The Morgan fingerprint density at radius 2 is 1.79 bits per heavy atom. The Labute approximate surface area is 200 Å². The standard InChI is InChI=1S/C27H34N4O3/c32-24-18-20(8-13-28-24)19-31-17-12-27(26(31)34)10-15-30(16-11-27)14-9-23(21-4-2-1-3-5-21)29-25(33)22-6-7-22/h1-5,8,13,18,22-23H,6-7,9-12,14-17,19H2,(H,28,32)(H,29,33)/t23-/m0/s1. The highest BCUT2D eigenvalue weighted by Gasteiger charge is 2.47. The number of benzene rings is 1. The third kappa shape index (κ3) is 5.09. The molecule has 2 amide bonds. The fraction of sp³-hybridized carbons (Fsp3) is 0.519. The smallest absolute Gasteiger partial charge is 0.248 e. The lowest BCUT2D eigenvalue weighted by molar-refractivity contribution is -0.139. The first kappa shape index (κ1) is 22.8. The highest BCUT2D eigenvalue weighted by molar-refractivity contribution is 5.85. The topological polar surface area (TPSA) is 85.5 Å². The van der Waals surface area contributed by atoms with Crippen molar-refractivity contribution >= 4 is 11.8 Å². The molecular weight excluding hydrogens is 428 g/mol. The van der Waals surface area contributed by atoms with Gasteiger partial charge in [0.1, 0.15) is 0 Å². The van der Waals surface area contributed by atoms with E-state index in [0.717, 1.165) is 75.8 Å². The van der Waals surface area contributed by atoms with Crippen LogP contribution in [0.25, 0.3) is 0 Å². The number of rotatable bonds is 8. The molecule has 1 aromatic carbocycles. The van der Waals surface area contributed by atoms with Crippen molar-refractivity contribution in [2.24, 2.45) is 11.3 Å². The second-order valence-electron chi connectivity index (χ2n) is 10.2. The van der Waals surface area contributed by atoms with E-state index in [1.165, 1.54) is 0 Å². The summed E-state index contributed by atoms with van der Waals surface area (Å²) in [6.45, 7) is 3.99. The highest BCUT2D eigenvalue weighted by Crippen LogP contribution is 2.42. The monoisotopic (exact) mass is 462 g/mol. The van der Waals surface area contributed by atoms with E-state index >= 15 is 0 Å². The van der Waals surface area contributed by atoms with Crippen LogP contribution in [0.4, 0.5) is 0 Å². The van der Waals surface area contributed by atoms with Gasteiger partial charge in [-0.2, -0.15) is 0 Å². The molecule has 0 unspecified atom stereocenters. The Kier molecular flexibility index (Phi) is 6.55. The molecule has 2 N–H and O–H groups in total. The summed E-state index contributed by atoms with van der Waals surface area (Å²) in [5, 5.41) is 3.27. The molecule has 1 saturated carbocycles. The largest absolute Gasteiger partial charge is 0.349 e. The summed E-state index contributed by atoms with van der Waals surface area (Å²) < 4.78 is 0. The molecule has 1 atom stereocenters. The van der Waals surface area contributed by atoms with Crippen molar-refractivity contribution < 1.29 is 9.59 Å². The van der Waals surface area contributed by atoms with Crippen molar-refractivity contribution in [2.75, 3.05) is 26.2 Å². The van der Waals surface area contributed by atoms with Gasteiger partial charge in [0, 0.05) is 37.8 Å². The number of nitrogens with one attached hydrogen (secondary N) is 2. The van der Waals surface area contributed by atoms with Crippen LogP contribution in [0.15, 0.2) is 53.5 Å². The van der Waals surface area contributed by atoms with E-state index in [0.29, 0.717) is 6.54 Å². The Morgan fingerprint density at radius 1 is 1.06 bits per heavy atom. The van der Waals surface area contributed by atoms with Crippen LogP contribution in [0.1, 0.15) is 55.7 Å². The quantitative estimate of drug-likeness (QED) is 0.632. The van der Waals surface area contributed by atoms with Gasteiger partial charge in [0.05, 0.1) is 11.5 Å². The number of piperidine rings is 1.